The molecule has 0 atom stereocenters. The molecule has 0 aromatic heterocycles. The Bertz CT molecular complexity index is 2230. The fourth-order valence-electron chi connectivity index (χ4n) is 4.57. The van der Waals surface area contributed by atoms with Crippen LogP contribution < -0.4 is 5.46 Å². The summed E-state index contributed by atoms with van der Waals surface area (Å²) in [6, 6.07) is 14.2. The summed E-state index contributed by atoms with van der Waals surface area (Å²) in [4.78, 5) is 2.86. The Kier molecular flexibility index (Phi) is 13.0. The van der Waals surface area contributed by atoms with Crippen LogP contribution in [-0.4, -0.2) is 18.3 Å². The number of alkyl halides is 6. The summed E-state index contributed by atoms with van der Waals surface area (Å²) in [5.41, 5.74) is -6.22. The molecule has 6 nitrogen and oxygen atoms in total. The molecule has 0 saturated carbocycles. The zero-order valence-corrected chi connectivity index (χ0v) is 29.7. The lowest BCUT2D eigenvalue weighted by Crippen LogP contribution is -2.41. The molecule has 54 heavy (non-hydrogen) atoms. The lowest BCUT2D eigenvalue weighted by molar-refractivity contribution is -0.138. The maximum Gasteiger partial charge on any atom is 0.496 e. The fourth-order valence-corrected chi connectivity index (χ4v) is 5.04. The van der Waals surface area contributed by atoms with Gasteiger partial charge in [0.15, 0.2) is 5.82 Å². The van der Waals surface area contributed by atoms with E-state index < -0.39 is 87.4 Å². The molecular weight excluding hydrogens is 801 g/mol. The summed E-state index contributed by atoms with van der Waals surface area (Å²) in [5.74, 6) is -4.34. The van der Waals surface area contributed by atoms with Crippen molar-refractivity contribution in [2.45, 2.75) is 51.2 Å². The van der Waals surface area contributed by atoms with E-state index in [1.165, 1.54) is 24.3 Å². The molecule has 0 bridgehead atoms. The number of halogens is 11. The number of hydrogen-bond donors (Lipinski definition) is 0. The Hall–Kier alpha value is -5.40. The Morgan fingerprint density at radius 2 is 1.15 bits per heavy atom. The molecule has 1 fully saturated rings. The van der Waals surface area contributed by atoms with Gasteiger partial charge in [-0.15, -0.1) is 0 Å². The molecular formula is C36H22BBrF10N4O2. The molecule has 0 aliphatic carbocycles. The number of benzene rings is 4. The van der Waals surface area contributed by atoms with Gasteiger partial charge in [0, 0.05) is 15.5 Å². The second-order valence-electron chi connectivity index (χ2n) is 12.1. The Morgan fingerprint density at radius 3 is 1.63 bits per heavy atom. The van der Waals surface area contributed by atoms with Crippen LogP contribution in [0.15, 0.2) is 65.1 Å². The molecule has 0 N–H and O–H groups in total. The van der Waals surface area contributed by atoms with E-state index in [1.54, 1.807) is 12.1 Å². The van der Waals surface area contributed by atoms with Gasteiger partial charge in [0.2, 0.25) is 0 Å². The van der Waals surface area contributed by atoms with Crippen molar-refractivity contribution in [3.63, 3.8) is 0 Å². The molecule has 1 aliphatic rings. The zero-order chi connectivity index (χ0) is 41.0. The molecule has 4 aromatic carbocycles. The summed E-state index contributed by atoms with van der Waals surface area (Å²) >= 11 is 2.77. The maximum atomic E-state index is 14.1. The summed E-state index contributed by atoms with van der Waals surface area (Å²) in [7, 11) is -0.939. The minimum Gasteiger partial charge on any atom is -0.399 e. The van der Waals surface area contributed by atoms with E-state index in [9.17, 15) is 43.9 Å². The minimum atomic E-state index is -4.84. The topological polar surface area (TPSA) is 94.2 Å². The van der Waals surface area contributed by atoms with Crippen LogP contribution in [0.2, 0.25) is 0 Å². The van der Waals surface area contributed by atoms with E-state index in [-0.39, 0.29) is 21.1 Å². The molecule has 278 valence electrons. The van der Waals surface area contributed by atoms with Crippen molar-refractivity contribution < 1.29 is 53.2 Å². The highest BCUT2D eigenvalue weighted by Gasteiger charge is 2.52. The van der Waals surface area contributed by atoms with Crippen molar-refractivity contribution in [2.24, 2.45) is 0 Å². The van der Waals surface area contributed by atoms with Gasteiger partial charge in [0.1, 0.15) is 29.1 Å². The lowest BCUT2D eigenvalue weighted by atomic mass is 9.78. The molecule has 1 saturated heterocycles. The molecule has 18 heteroatoms. The van der Waals surface area contributed by atoms with Crippen LogP contribution in [0.4, 0.5) is 49.6 Å². The van der Waals surface area contributed by atoms with Gasteiger partial charge in [-0.25, -0.2) is 22.4 Å². The van der Waals surface area contributed by atoms with Gasteiger partial charge >= 0.3 is 19.5 Å². The third-order valence-corrected chi connectivity index (χ3v) is 8.76. The summed E-state index contributed by atoms with van der Waals surface area (Å²) in [6.45, 7) is 14.2. The highest BCUT2D eigenvalue weighted by Crippen LogP contribution is 2.40. The van der Waals surface area contributed by atoms with Crippen molar-refractivity contribution in [2.75, 3.05) is 0 Å². The predicted octanol–water partition coefficient (Wildman–Crippen LogP) is 10.5. The standard InChI is InChI=1S/C15H5F5N2.C13H14BF2NO2.C8H3BrF3N/c16-13-4-3-10(14(17)11(13)7-22)9-2-1-8(6-21)5-12(9)15(18,19)20;1-12(2)13(3,4)19-14(18-12)8-6-7-9(15)11(17-5)10(8)16;9-7-2-1-5(4-13)3-6(7)8(10,11)12/h1-5H;6-7H,1-4H3;1-3H. The molecule has 0 radical (unpaired) electrons. The summed E-state index contributed by atoms with van der Waals surface area (Å²) in [5, 5.41) is 25.8. The Balaban J connectivity index is 0.000000225. The van der Waals surface area contributed by atoms with Gasteiger partial charge in [0.25, 0.3) is 5.69 Å². The third kappa shape index (κ3) is 9.39. The smallest absolute Gasteiger partial charge is 0.399 e. The van der Waals surface area contributed by atoms with E-state index in [4.69, 9.17) is 31.7 Å². The quantitative estimate of drug-likeness (QED) is 0.114. The van der Waals surface area contributed by atoms with Crippen LogP contribution >= 0.6 is 15.9 Å². The second kappa shape index (κ2) is 16.3. The molecule has 1 heterocycles. The van der Waals surface area contributed by atoms with Crippen LogP contribution in [0.3, 0.4) is 0 Å². The van der Waals surface area contributed by atoms with E-state index in [0.29, 0.717) is 6.07 Å². The van der Waals surface area contributed by atoms with Crippen molar-refractivity contribution in [3.8, 4) is 29.3 Å². The average molecular weight is 823 g/mol. The molecule has 0 amide bonds. The number of nitriles is 3. The largest absolute Gasteiger partial charge is 0.496 e. The first kappa shape index (κ1) is 43.0. The second-order valence-corrected chi connectivity index (χ2v) is 12.9. The van der Waals surface area contributed by atoms with Crippen LogP contribution in [0.25, 0.3) is 16.0 Å². The van der Waals surface area contributed by atoms with Crippen molar-refractivity contribution in [1.82, 2.24) is 0 Å². The average Bonchev–Trinajstić information content (AvgIpc) is 3.30. The van der Waals surface area contributed by atoms with Gasteiger partial charge in [0.05, 0.1) is 52.2 Å². The number of rotatable bonds is 2. The first-order valence-corrected chi connectivity index (χ1v) is 15.7. The maximum absolute atomic E-state index is 14.1. The Morgan fingerprint density at radius 1 is 0.667 bits per heavy atom. The minimum absolute atomic E-state index is 0.00414. The zero-order valence-electron chi connectivity index (χ0n) is 28.1. The molecule has 5 rings (SSSR count). The van der Waals surface area contributed by atoms with E-state index >= 15 is 0 Å². The van der Waals surface area contributed by atoms with Crippen LogP contribution in [-0.2, 0) is 21.7 Å². The molecule has 4 aromatic rings. The lowest BCUT2D eigenvalue weighted by Gasteiger charge is -2.32. The van der Waals surface area contributed by atoms with Crippen LogP contribution in [0.1, 0.15) is 55.5 Å². The first-order chi connectivity index (χ1) is 24.9. The monoisotopic (exact) mass is 822 g/mol. The van der Waals surface area contributed by atoms with Gasteiger partial charge in [-0.3, -0.25) is 0 Å². The summed E-state index contributed by atoms with van der Waals surface area (Å²) < 4.78 is 142. The van der Waals surface area contributed by atoms with E-state index in [2.05, 4.69) is 20.8 Å². The highest BCUT2D eigenvalue weighted by atomic mass is 79.9. The third-order valence-electron chi connectivity index (χ3n) is 8.06. The van der Waals surface area contributed by atoms with E-state index in [0.717, 1.165) is 36.4 Å². The molecule has 1 aliphatic heterocycles. The first-order valence-electron chi connectivity index (χ1n) is 14.9. The molecule has 0 unspecified atom stereocenters. The van der Waals surface area contributed by atoms with Gasteiger partial charge in [-0.2, -0.15) is 42.1 Å². The Labute approximate surface area is 310 Å². The number of nitrogens with zero attached hydrogens (tertiary/aromatic N) is 4. The summed E-state index contributed by atoms with van der Waals surface area (Å²) in [6.07, 6.45) is -9.26. The van der Waals surface area contributed by atoms with Crippen molar-refractivity contribution in [3.05, 3.63) is 128 Å². The number of hydrogen-bond acceptors (Lipinski definition) is 5. The normalized spacial score (nSPS) is 14.2. The van der Waals surface area contributed by atoms with Gasteiger partial charge in [-0.05, 0) is 81.8 Å². The van der Waals surface area contributed by atoms with Gasteiger partial charge < -0.3 is 9.31 Å². The van der Waals surface area contributed by atoms with Crippen LogP contribution in [0, 0.1) is 63.8 Å². The SMILES string of the molecule is N#Cc1ccc(-c2ccc(F)c(C#N)c2F)c(C(F)(F)F)c1.N#Cc1ccc(Br)c(C(F)(F)F)c1.[C-]#[N+]c1c(F)ccc(B2OC(C)(C)C(C)(C)O2)c1F. The molecule has 0 spiro atoms. The fraction of sp³-hybridized carbons (Fsp3) is 0.222. The van der Waals surface area contributed by atoms with Crippen LogP contribution in [0.5, 0.6) is 0 Å². The van der Waals surface area contributed by atoms with Crippen molar-refractivity contribution in [1.29, 1.82) is 15.8 Å². The van der Waals surface area contributed by atoms with Gasteiger partial charge in [-0.1, -0.05) is 28.1 Å². The highest BCUT2D eigenvalue weighted by molar-refractivity contribution is 9.10. The predicted molar refractivity (Wildman–Crippen MR) is 178 cm³/mol. The van der Waals surface area contributed by atoms with E-state index in [1.807, 2.05) is 27.7 Å². The van der Waals surface area contributed by atoms with Crippen molar-refractivity contribution >= 4 is 34.2 Å².